The van der Waals surface area contributed by atoms with Crippen LogP contribution in [0.15, 0.2) is 23.0 Å². The third-order valence-corrected chi connectivity index (χ3v) is 3.01. The van der Waals surface area contributed by atoms with Crippen LogP contribution in [-0.4, -0.2) is 36.5 Å². The molecule has 0 bridgehead atoms. The second-order valence-corrected chi connectivity index (χ2v) is 4.05. The molecule has 1 amide bonds. The average molecular weight is 237 g/mol. The number of amides is 1. The minimum Gasteiger partial charge on any atom is -0.472 e. The average Bonchev–Trinajstić information content (AvgIpc) is 2.91. The standard InChI is InChI=1S/C12H15NO4/c1-16-12(15)10-4-2-3-6-13(10)11(14)9-5-7-17-8-9/h5,7-8,10H,2-4,6H2,1H3/t10-/m1/s1. The fraction of sp³-hybridized carbons (Fsp3) is 0.500. The van der Waals surface area contributed by atoms with Crippen LogP contribution in [0.2, 0.25) is 0 Å². The van der Waals surface area contributed by atoms with E-state index in [0.29, 0.717) is 18.5 Å². The highest BCUT2D eigenvalue weighted by atomic mass is 16.5. The highest BCUT2D eigenvalue weighted by molar-refractivity contribution is 5.96. The van der Waals surface area contributed by atoms with Gasteiger partial charge in [-0.25, -0.2) is 4.79 Å². The van der Waals surface area contributed by atoms with Gasteiger partial charge in [0.15, 0.2) is 0 Å². The van der Waals surface area contributed by atoms with Crippen LogP contribution < -0.4 is 0 Å². The molecule has 5 nitrogen and oxygen atoms in total. The van der Waals surface area contributed by atoms with E-state index in [1.165, 1.54) is 19.6 Å². The number of methoxy groups -OCH3 is 1. The minimum atomic E-state index is -0.462. The highest BCUT2D eigenvalue weighted by Gasteiger charge is 2.33. The first-order valence-electron chi connectivity index (χ1n) is 5.65. The molecule has 5 heteroatoms. The fourth-order valence-electron chi connectivity index (χ4n) is 2.11. The van der Waals surface area contributed by atoms with Crippen LogP contribution in [0.5, 0.6) is 0 Å². The lowest BCUT2D eigenvalue weighted by Crippen LogP contribution is -2.48. The summed E-state index contributed by atoms with van der Waals surface area (Å²) in [7, 11) is 1.34. The van der Waals surface area contributed by atoms with Crippen molar-refractivity contribution in [2.45, 2.75) is 25.3 Å². The molecule has 0 aromatic carbocycles. The highest BCUT2D eigenvalue weighted by Crippen LogP contribution is 2.20. The molecule has 0 N–H and O–H groups in total. The number of esters is 1. The lowest BCUT2D eigenvalue weighted by molar-refractivity contribution is -0.147. The van der Waals surface area contributed by atoms with Gasteiger partial charge in [-0.1, -0.05) is 0 Å². The van der Waals surface area contributed by atoms with Crippen LogP contribution in [0.4, 0.5) is 0 Å². The lowest BCUT2D eigenvalue weighted by atomic mass is 10.0. The van der Waals surface area contributed by atoms with Crippen molar-refractivity contribution in [2.24, 2.45) is 0 Å². The summed E-state index contributed by atoms with van der Waals surface area (Å²) in [6.45, 7) is 0.587. The van der Waals surface area contributed by atoms with Crippen LogP contribution in [0, 0.1) is 0 Å². The van der Waals surface area contributed by atoms with Gasteiger partial charge in [-0.3, -0.25) is 4.79 Å². The number of likely N-dealkylation sites (tertiary alicyclic amines) is 1. The Bertz CT molecular complexity index is 399. The number of carbonyl (C=O) groups is 2. The molecule has 92 valence electrons. The molecule has 1 aliphatic heterocycles. The maximum atomic E-state index is 12.1. The maximum Gasteiger partial charge on any atom is 0.328 e. The number of carbonyl (C=O) groups excluding carboxylic acids is 2. The summed E-state index contributed by atoms with van der Waals surface area (Å²) in [6.07, 6.45) is 5.36. The Morgan fingerprint density at radius 3 is 2.94 bits per heavy atom. The summed E-state index contributed by atoms with van der Waals surface area (Å²) in [5, 5.41) is 0. The van der Waals surface area contributed by atoms with Crippen LogP contribution in [-0.2, 0) is 9.53 Å². The Morgan fingerprint density at radius 1 is 1.47 bits per heavy atom. The van der Waals surface area contributed by atoms with Gasteiger partial charge in [0.1, 0.15) is 12.3 Å². The molecule has 0 unspecified atom stereocenters. The van der Waals surface area contributed by atoms with E-state index in [-0.39, 0.29) is 11.9 Å². The molecule has 17 heavy (non-hydrogen) atoms. The van der Waals surface area contributed by atoms with Crippen molar-refractivity contribution in [2.75, 3.05) is 13.7 Å². The largest absolute Gasteiger partial charge is 0.472 e. The molecule has 0 spiro atoms. The molecule has 1 saturated heterocycles. The molecule has 1 aliphatic rings. The van der Waals surface area contributed by atoms with Crippen molar-refractivity contribution in [3.8, 4) is 0 Å². The number of hydrogen-bond donors (Lipinski definition) is 0. The third-order valence-electron chi connectivity index (χ3n) is 3.01. The zero-order valence-corrected chi connectivity index (χ0v) is 9.72. The summed E-state index contributed by atoms with van der Waals surface area (Å²) in [4.78, 5) is 25.3. The van der Waals surface area contributed by atoms with E-state index in [1.54, 1.807) is 11.0 Å². The summed E-state index contributed by atoms with van der Waals surface area (Å²) >= 11 is 0. The second-order valence-electron chi connectivity index (χ2n) is 4.05. The molecule has 1 aromatic rings. The van der Waals surface area contributed by atoms with Crippen molar-refractivity contribution >= 4 is 11.9 Å². The normalized spacial score (nSPS) is 20.1. The summed E-state index contributed by atoms with van der Waals surface area (Å²) in [6, 6.07) is 1.14. The lowest BCUT2D eigenvalue weighted by Gasteiger charge is -2.33. The summed E-state index contributed by atoms with van der Waals surface area (Å²) in [5.41, 5.74) is 0.473. The fourth-order valence-corrected chi connectivity index (χ4v) is 2.11. The Balaban J connectivity index is 2.16. The first-order chi connectivity index (χ1) is 8.24. The number of piperidine rings is 1. The molecule has 2 heterocycles. The van der Waals surface area contributed by atoms with Gasteiger partial charge in [0.25, 0.3) is 5.91 Å². The van der Waals surface area contributed by atoms with E-state index < -0.39 is 6.04 Å². The zero-order chi connectivity index (χ0) is 12.3. The summed E-state index contributed by atoms with van der Waals surface area (Å²) < 4.78 is 9.62. The monoisotopic (exact) mass is 237 g/mol. The second kappa shape index (κ2) is 5.03. The van der Waals surface area contributed by atoms with Crippen LogP contribution in [0.3, 0.4) is 0 Å². The van der Waals surface area contributed by atoms with Gasteiger partial charge in [0.2, 0.25) is 0 Å². The quantitative estimate of drug-likeness (QED) is 0.730. The number of hydrogen-bond acceptors (Lipinski definition) is 4. The van der Waals surface area contributed by atoms with Gasteiger partial charge in [0, 0.05) is 6.54 Å². The number of furan rings is 1. The Hall–Kier alpha value is -1.78. The van der Waals surface area contributed by atoms with E-state index in [9.17, 15) is 9.59 Å². The Labute approximate surface area is 99.3 Å². The maximum absolute atomic E-state index is 12.1. The topological polar surface area (TPSA) is 59.8 Å². The first-order valence-corrected chi connectivity index (χ1v) is 5.65. The van der Waals surface area contributed by atoms with Crippen molar-refractivity contribution in [3.05, 3.63) is 24.2 Å². The number of ether oxygens (including phenoxy) is 1. The number of rotatable bonds is 2. The van der Waals surface area contributed by atoms with Crippen LogP contribution in [0.1, 0.15) is 29.6 Å². The SMILES string of the molecule is COC(=O)[C@H]1CCCCN1C(=O)c1ccoc1. The molecule has 0 saturated carbocycles. The third kappa shape index (κ3) is 2.33. The zero-order valence-electron chi connectivity index (χ0n) is 9.72. The van der Waals surface area contributed by atoms with Crippen molar-refractivity contribution in [1.82, 2.24) is 4.90 Å². The van der Waals surface area contributed by atoms with E-state index in [2.05, 4.69) is 0 Å². The van der Waals surface area contributed by atoms with E-state index >= 15 is 0 Å². The molecular weight excluding hydrogens is 222 g/mol. The predicted octanol–water partition coefficient (Wildman–Crippen LogP) is 1.45. The molecular formula is C12H15NO4. The van der Waals surface area contributed by atoms with Gasteiger partial charge in [-0.2, -0.15) is 0 Å². The molecule has 1 atom stereocenters. The van der Waals surface area contributed by atoms with Gasteiger partial charge in [-0.15, -0.1) is 0 Å². The van der Waals surface area contributed by atoms with Crippen LogP contribution in [0.25, 0.3) is 0 Å². The van der Waals surface area contributed by atoms with Crippen molar-refractivity contribution < 1.29 is 18.7 Å². The Kier molecular flexibility index (Phi) is 3.46. The molecule has 1 aromatic heterocycles. The van der Waals surface area contributed by atoms with Gasteiger partial charge < -0.3 is 14.1 Å². The minimum absolute atomic E-state index is 0.172. The molecule has 1 fully saturated rings. The van der Waals surface area contributed by atoms with Gasteiger partial charge in [0.05, 0.1) is 18.9 Å². The van der Waals surface area contributed by atoms with E-state index in [4.69, 9.17) is 9.15 Å². The Morgan fingerprint density at radius 2 is 2.29 bits per heavy atom. The van der Waals surface area contributed by atoms with Crippen molar-refractivity contribution in [1.29, 1.82) is 0 Å². The molecule has 2 rings (SSSR count). The van der Waals surface area contributed by atoms with E-state index in [0.717, 1.165) is 12.8 Å². The van der Waals surface area contributed by atoms with Gasteiger partial charge >= 0.3 is 5.97 Å². The summed E-state index contributed by atoms with van der Waals surface area (Å²) in [5.74, 6) is -0.518. The first kappa shape index (κ1) is 11.7. The number of nitrogens with zero attached hydrogens (tertiary/aromatic N) is 1. The molecule has 0 aliphatic carbocycles. The molecule has 0 radical (unpaired) electrons. The smallest absolute Gasteiger partial charge is 0.328 e. The van der Waals surface area contributed by atoms with Gasteiger partial charge in [-0.05, 0) is 25.3 Å². The van der Waals surface area contributed by atoms with Crippen LogP contribution >= 0.6 is 0 Å². The van der Waals surface area contributed by atoms with E-state index in [1.807, 2.05) is 0 Å². The van der Waals surface area contributed by atoms with Crippen molar-refractivity contribution in [3.63, 3.8) is 0 Å². The predicted molar refractivity (Wildman–Crippen MR) is 59.4 cm³/mol.